The van der Waals surface area contributed by atoms with Crippen LogP contribution in [0.5, 0.6) is 0 Å². The van der Waals surface area contributed by atoms with Crippen LogP contribution in [0.4, 0.5) is 0 Å². The first-order valence-corrected chi connectivity index (χ1v) is 5.45. The van der Waals surface area contributed by atoms with E-state index in [0.29, 0.717) is 0 Å². The molecule has 0 aliphatic heterocycles. The first-order chi connectivity index (χ1) is 7.48. The summed E-state index contributed by atoms with van der Waals surface area (Å²) in [6, 6.07) is 0. The summed E-state index contributed by atoms with van der Waals surface area (Å²) in [5, 5.41) is 25.5. The van der Waals surface area contributed by atoms with Gasteiger partial charge in [-0.15, -0.1) is 0 Å². The molecule has 0 amide bonds. The first-order valence-electron chi connectivity index (χ1n) is 3.92. The lowest BCUT2D eigenvalue weighted by molar-refractivity contribution is -0.168. The molecule has 0 fully saturated rings. The number of carboxylic acid groups (broad SMARTS) is 3. The molecule has 0 radical (unpaired) electrons. The molecular formula is C6H18N3O10P. The fourth-order valence-corrected chi connectivity index (χ4v) is 1.70. The van der Waals surface area contributed by atoms with Gasteiger partial charge < -0.3 is 43.6 Å². The molecule has 122 valence electrons. The predicted molar refractivity (Wildman–Crippen MR) is 63.1 cm³/mol. The number of carboxylic acids is 3. The van der Waals surface area contributed by atoms with E-state index in [1.807, 2.05) is 0 Å². The number of carbonyl (C=O) groups is 3. The molecule has 0 bridgehead atoms. The predicted octanol–water partition coefficient (Wildman–Crippen LogP) is -0.646. The number of aliphatic carboxylic acids is 3. The van der Waals surface area contributed by atoms with E-state index in [9.17, 15) is 18.9 Å². The molecule has 0 spiro atoms. The molecule has 0 rings (SSSR count). The Morgan fingerprint density at radius 3 is 1.35 bits per heavy atom. The average Bonchev–Trinajstić information content (AvgIpc) is 1.96. The Balaban J connectivity index is -0.000000427. The zero-order valence-corrected chi connectivity index (χ0v) is 11.2. The van der Waals surface area contributed by atoms with Crippen LogP contribution in [-0.2, 0) is 23.5 Å². The maximum atomic E-state index is 10.8. The highest BCUT2D eigenvalue weighted by Crippen LogP contribution is 2.44. The minimum absolute atomic E-state index is 0. The van der Waals surface area contributed by atoms with Crippen LogP contribution in [0.1, 0.15) is 12.8 Å². The monoisotopic (exact) mass is 323 g/mol. The summed E-state index contributed by atoms with van der Waals surface area (Å²) in [5.41, 5.74) is -3.02. The third kappa shape index (κ3) is 9.35. The number of rotatable bonds is 7. The fourth-order valence-electron chi connectivity index (χ4n) is 1.03. The number of phosphoric acid groups is 1. The molecule has 0 heterocycles. The highest BCUT2D eigenvalue weighted by molar-refractivity contribution is 7.46. The molecule has 0 atom stereocenters. The molecule has 13 nitrogen and oxygen atoms in total. The van der Waals surface area contributed by atoms with E-state index in [1.165, 1.54) is 0 Å². The Labute approximate surface area is 112 Å². The maximum Gasteiger partial charge on any atom is 0.470 e. The summed E-state index contributed by atoms with van der Waals surface area (Å²) in [6.07, 6.45) is -2.81. The molecule has 14 heteroatoms. The van der Waals surface area contributed by atoms with Gasteiger partial charge in [-0.25, -0.2) is 9.36 Å². The summed E-state index contributed by atoms with van der Waals surface area (Å²) in [6.45, 7) is 0. The van der Waals surface area contributed by atoms with E-state index in [-0.39, 0.29) is 18.5 Å². The average molecular weight is 323 g/mol. The smallest absolute Gasteiger partial charge is 0.470 e. The largest absolute Gasteiger partial charge is 0.481 e. The normalized spacial score (nSPS) is 10.3. The highest BCUT2D eigenvalue weighted by atomic mass is 31.2. The van der Waals surface area contributed by atoms with Crippen LogP contribution in [0, 0.1) is 0 Å². The van der Waals surface area contributed by atoms with Gasteiger partial charge in [0.25, 0.3) is 0 Å². The van der Waals surface area contributed by atoms with Crippen molar-refractivity contribution < 1.29 is 48.6 Å². The second-order valence-corrected chi connectivity index (χ2v) is 4.19. The quantitative estimate of drug-likeness (QED) is 0.270. The van der Waals surface area contributed by atoms with Crippen molar-refractivity contribution in [3.05, 3.63) is 0 Å². The molecule has 20 heavy (non-hydrogen) atoms. The lowest BCUT2D eigenvalue weighted by Gasteiger charge is -2.26. The van der Waals surface area contributed by atoms with E-state index in [4.69, 9.17) is 25.1 Å². The highest BCUT2D eigenvalue weighted by Gasteiger charge is 2.49. The number of hydrogen-bond acceptors (Lipinski definition) is 8. The fraction of sp³-hybridized carbons (Fsp3) is 0.500. The van der Waals surface area contributed by atoms with Gasteiger partial charge in [-0.05, 0) is 0 Å². The Bertz CT molecular complexity index is 376. The third-order valence-corrected chi connectivity index (χ3v) is 2.14. The first kappa shape index (κ1) is 26.9. The van der Waals surface area contributed by atoms with Gasteiger partial charge in [0.05, 0.1) is 12.8 Å². The molecule has 0 aliphatic rings. The Hall–Kier alpha value is -1.60. The molecule has 14 N–H and O–H groups in total. The van der Waals surface area contributed by atoms with Gasteiger partial charge in [-0.3, -0.25) is 14.1 Å². The zero-order chi connectivity index (χ0) is 13.9. The third-order valence-electron chi connectivity index (χ3n) is 1.56. The Morgan fingerprint density at radius 2 is 1.20 bits per heavy atom. The van der Waals surface area contributed by atoms with E-state index < -0.39 is 44.2 Å². The van der Waals surface area contributed by atoms with Gasteiger partial charge in [0.1, 0.15) is 0 Å². The molecule has 0 aromatic heterocycles. The van der Waals surface area contributed by atoms with Crippen LogP contribution in [0.2, 0.25) is 0 Å². The molecular weight excluding hydrogens is 305 g/mol. The van der Waals surface area contributed by atoms with Gasteiger partial charge in [-0.1, -0.05) is 0 Å². The van der Waals surface area contributed by atoms with Gasteiger partial charge >= 0.3 is 25.7 Å². The molecule has 0 aromatic rings. The second kappa shape index (κ2) is 9.33. The van der Waals surface area contributed by atoms with Crippen molar-refractivity contribution in [2.75, 3.05) is 0 Å². The van der Waals surface area contributed by atoms with E-state index in [1.54, 1.807) is 0 Å². The lowest BCUT2D eigenvalue weighted by Crippen LogP contribution is -2.44. The SMILES string of the molecule is N.N.N.O=C(O)CC(CC(=O)O)(OP(=O)(O)O)C(=O)O. The lowest BCUT2D eigenvalue weighted by atomic mass is 9.96. The number of hydrogen-bond donors (Lipinski definition) is 8. The van der Waals surface area contributed by atoms with Crippen LogP contribution in [0.25, 0.3) is 0 Å². The number of phosphoric ester groups is 1. The van der Waals surface area contributed by atoms with Crippen molar-refractivity contribution in [3.8, 4) is 0 Å². The van der Waals surface area contributed by atoms with Gasteiger partial charge in [0.15, 0.2) is 5.60 Å². The molecule has 0 aromatic carbocycles. The molecule has 0 aliphatic carbocycles. The van der Waals surface area contributed by atoms with Crippen LogP contribution in [-0.4, -0.2) is 48.6 Å². The van der Waals surface area contributed by atoms with Crippen molar-refractivity contribution in [1.29, 1.82) is 0 Å². The topological polar surface area (TPSA) is 284 Å². The van der Waals surface area contributed by atoms with Crippen LogP contribution >= 0.6 is 7.82 Å². The summed E-state index contributed by atoms with van der Waals surface area (Å²) in [7, 11) is -5.36. The summed E-state index contributed by atoms with van der Waals surface area (Å²) in [5.74, 6) is -5.64. The van der Waals surface area contributed by atoms with Crippen molar-refractivity contribution in [3.63, 3.8) is 0 Å². The van der Waals surface area contributed by atoms with Gasteiger partial charge in [-0.2, -0.15) is 0 Å². The molecule has 0 saturated carbocycles. The Morgan fingerprint density at radius 1 is 0.900 bits per heavy atom. The zero-order valence-electron chi connectivity index (χ0n) is 10.3. The van der Waals surface area contributed by atoms with Crippen molar-refractivity contribution >= 4 is 25.7 Å². The summed E-state index contributed by atoms with van der Waals surface area (Å²) < 4.78 is 14.4. The second-order valence-electron chi connectivity index (χ2n) is 3.02. The molecule has 0 saturated heterocycles. The molecule has 0 unspecified atom stereocenters. The standard InChI is InChI=1S/C6H9O10P.3H3N/c7-3(8)1-6(5(11)12,2-4(9)10)16-17(13,14)15;;;/h1-2H2,(H,7,8)(H,9,10)(H,11,12)(H2,13,14,15);3*1H3. The summed E-state index contributed by atoms with van der Waals surface area (Å²) in [4.78, 5) is 48.5. The van der Waals surface area contributed by atoms with E-state index in [0.717, 1.165) is 0 Å². The van der Waals surface area contributed by atoms with E-state index >= 15 is 0 Å². The maximum absolute atomic E-state index is 10.8. The van der Waals surface area contributed by atoms with Gasteiger partial charge in [0.2, 0.25) is 0 Å². The van der Waals surface area contributed by atoms with E-state index in [2.05, 4.69) is 4.52 Å². The minimum atomic E-state index is -5.36. The van der Waals surface area contributed by atoms with Gasteiger partial charge in [0, 0.05) is 0 Å². The Kier molecular flexibility index (Phi) is 12.5. The van der Waals surface area contributed by atoms with Crippen LogP contribution < -0.4 is 18.5 Å². The van der Waals surface area contributed by atoms with Crippen LogP contribution in [0.15, 0.2) is 0 Å². The van der Waals surface area contributed by atoms with Crippen molar-refractivity contribution in [2.24, 2.45) is 0 Å². The minimum Gasteiger partial charge on any atom is -0.481 e. The van der Waals surface area contributed by atoms with Crippen molar-refractivity contribution in [1.82, 2.24) is 18.5 Å². The van der Waals surface area contributed by atoms with Crippen molar-refractivity contribution in [2.45, 2.75) is 18.4 Å². The summed E-state index contributed by atoms with van der Waals surface area (Å²) >= 11 is 0. The van der Waals surface area contributed by atoms with Crippen LogP contribution in [0.3, 0.4) is 0 Å².